The van der Waals surface area contributed by atoms with Gasteiger partial charge in [0.2, 0.25) is 0 Å². The molecule has 0 saturated heterocycles. The number of para-hydroxylation sites is 1. The lowest BCUT2D eigenvalue weighted by atomic mass is 10.1. The zero-order chi connectivity index (χ0) is 15.4. The van der Waals surface area contributed by atoms with Crippen LogP contribution in [0.15, 0.2) is 60.8 Å². The first-order valence-corrected chi connectivity index (χ1v) is 6.95. The second kappa shape index (κ2) is 6.18. The van der Waals surface area contributed by atoms with Gasteiger partial charge in [-0.3, -0.25) is 9.78 Å². The Morgan fingerprint density at radius 2 is 1.82 bits per heavy atom. The summed E-state index contributed by atoms with van der Waals surface area (Å²) in [6.07, 6.45) is 2.91. The Morgan fingerprint density at radius 3 is 2.59 bits per heavy atom. The van der Waals surface area contributed by atoms with Crippen molar-refractivity contribution in [1.82, 2.24) is 4.98 Å². The van der Waals surface area contributed by atoms with E-state index in [1.807, 2.05) is 36.4 Å². The first-order valence-electron chi connectivity index (χ1n) is 6.95. The number of hydrogen-bond acceptors (Lipinski definition) is 3. The van der Waals surface area contributed by atoms with Gasteiger partial charge < -0.3 is 10.1 Å². The fourth-order valence-corrected chi connectivity index (χ4v) is 2.31. The van der Waals surface area contributed by atoms with Gasteiger partial charge in [0.1, 0.15) is 6.29 Å². The molecule has 1 N–H and O–H groups in total. The highest BCUT2D eigenvalue weighted by atomic mass is 16.1. The minimum absolute atomic E-state index is 0.201. The molecule has 4 nitrogen and oxygen atoms in total. The molecule has 0 aliphatic heterocycles. The Kier molecular flexibility index (Phi) is 3.92. The topological polar surface area (TPSA) is 59.1 Å². The van der Waals surface area contributed by atoms with E-state index in [2.05, 4.69) is 10.3 Å². The molecule has 3 rings (SSSR count). The highest BCUT2D eigenvalue weighted by Crippen LogP contribution is 2.18. The molecule has 108 valence electrons. The Morgan fingerprint density at radius 1 is 1.05 bits per heavy atom. The average Bonchev–Trinajstić information content (AvgIpc) is 2.56. The molecule has 0 bridgehead atoms. The summed E-state index contributed by atoms with van der Waals surface area (Å²) in [6.45, 7) is 0. The summed E-state index contributed by atoms with van der Waals surface area (Å²) in [5.74, 6) is -0.201. The van der Waals surface area contributed by atoms with Crippen LogP contribution in [0.1, 0.15) is 15.9 Å². The lowest BCUT2D eigenvalue weighted by Crippen LogP contribution is -2.12. The molecule has 0 atom stereocenters. The minimum Gasteiger partial charge on any atom is -0.322 e. The molecular weight excluding hydrogens is 276 g/mol. The average molecular weight is 290 g/mol. The number of aldehydes is 1. The number of benzene rings is 2. The third-order valence-electron chi connectivity index (χ3n) is 3.41. The number of hydrogen-bond donors (Lipinski definition) is 1. The van der Waals surface area contributed by atoms with Crippen LogP contribution >= 0.6 is 0 Å². The molecule has 3 aromatic rings. The molecule has 0 unspecified atom stereocenters. The van der Waals surface area contributed by atoms with Crippen molar-refractivity contribution in [2.75, 3.05) is 5.32 Å². The van der Waals surface area contributed by atoms with Crippen LogP contribution in [-0.4, -0.2) is 17.2 Å². The van der Waals surface area contributed by atoms with Crippen LogP contribution in [0.5, 0.6) is 0 Å². The maximum absolute atomic E-state index is 12.4. The maximum atomic E-state index is 12.4. The lowest BCUT2D eigenvalue weighted by Gasteiger charge is -2.08. The Bertz CT molecular complexity index is 821. The van der Waals surface area contributed by atoms with Crippen molar-refractivity contribution in [3.8, 4) is 0 Å². The molecule has 0 fully saturated rings. The van der Waals surface area contributed by atoms with Crippen LogP contribution in [0.25, 0.3) is 10.9 Å². The summed E-state index contributed by atoms with van der Waals surface area (Å²) in [5, 5.41) is 3.78. The summed E-state index contributed by atoms with van der Waals surface area (Å²) in [6, 6.07) is 16.5. The summed E-state index contributed by atoms with van der Waals surface area (Å²) in [4.78, 5) is 27.2. The van der Waals surface area contributed by atoms with Crippen LogP contribution in [0, 0.1) is 0 Å². The zero-order valence-electron chi connectivity index (χ0n) is 11.8. The third-order valence-corrected chi connectivity index (χ3v) is 3.41. The number of nitrogens with zero attached hydrogens (tertiary/aromatic N) is 1. The van der Waals surface area contributed by atoms with Crippen LogP contribution in [0.2, 0.25) is 0 Å². The van der Waals surface area contributed by atoms with Gasteiger partial charge in [-0.25, -0.2) is 0 Å². The number of carbonyl (C=O) groups excluding carboxylic acids is 2. The highest BCUT2D eigenvalue weighted by Gasteiger charge is 2.10. The van der Waals surface area contributed by atoms with Crippen LogP contribution in [0.4, 0.5) is 5.69 Å². The largest absolute Gasteiger partial charge is 0.322 e. The van der Waals surface area contributed by atoms with E-state index in [0.29, 0.717) is 23.2 Å². The molecule has 0 aliphatic carbocycles. The summed E-state index contributed by atoms with van der Waals surface area (Å²) in [7, 11) is 0. The van der Waals surface area contributed by atoms with E-state index in [4.69, 9.17) is 0 Å². The molecule has 22 heavy (non-hydrogen) atoms. The number of rotatable bonds is 4. The third kappa shape index (κ3) is 2.86. The standard InChI is InChI=1S/C18H14N2O2/c21-12-10-13-6-8-15(9-7-13)20-18(22)16-5-1-3-14-4-2-11-19-17(14)16/h1-9,11-12H,10H2,(H,20,22). The van der Waals surface area contributed by atoms with Crippen molar-refractivity contribution in [3.05, 3.63) is 71.9 Å². The predicted octanol–water partition coefficient (Wildman–Crippen LogP) is 3.23. The van der Waals surface area contributed by atoms with E-state index in [1.54, 1.807) is 24.4 Å². The van der Waals surface area contributed by atoms with Gasteiger partial charge in [-0.05, 0) is 29.8 Å². The Hall–Kier alpha value is -3.01. The summed E-state index contributed by atoms with van der Waals surface area (Å²) in [5.41, 5.74) is 2.82. The van der Waals surface area contributed by atoms with Gasteiger partial charge in [0.05, 0.1) is 11.1 Å². The van der Waals surface area contributed by atoms with Gasteiger partial charge in [-0.1, -0.05) is 30.3 Å². The monoisotopic (exact) mass is 290 g/mol. The number of pyridine rings is 1. The normalized spacial score (nSPS) is 10.4. The van der Waals surface area contributed by atoms with Crippen molar-refractivity contribution >= 4 is 28.8 Å². The molecule has 1 heterocycles. The molecule has 0 spiro atoms. The Balaban J connectivity index is 1.85. The number of amides is 1. The predicted molar refractivity (Wildman–Crippen MR) is 85.9 cm³/mol. The number of fused-ring (bicyclic) bond motifs is 1. The number of anilines is 1. The first-order chi connectivity index (χ1) is 10.8. The van der Waals surface area contributed by atoms with Gasteiger partial charge in [0.25, 0.3) is 5.91 Å². The second-order valence-electron chi connectivity index (χ2n) is 4.90. The van der Waals surface area contributed by atoms with E-state index in [9.17, 15) is 9.59 Å². The van der Waals surface area contributed by atoms with E-state index >= 15 is 0 Å². The number of aromatic nitrogens is 1. The van der Waals surface area contributed by atoms with Gasteiger partial charge >= 0.3 is 0 Å². The van der Waals surface area contributed by atoms with Crippen molar-refractivity contribution in [2.45, 2.75) is 6.42 Å². The molecule has 1 aromatic heterocycles. The number of nitrogens with one attached hydrogen (secondary N) is 1. The van der Waals surface area contributed by atoms with E-state index in [1.165, 1.54) is 0 Å². The van der Waals surface area contributed by atoms with E-state index < -0.39 is 0 Å². The fraction of sp³-hybridized carbons (Fsp3) is 0.0556. The maximum Gasteiger partial charge on any atom is 0.257 e. The van der Waals surface area contributed by atoms with Crippen molar-refractivity contribution in [3.63, 3.8) is 0 Å². The van der Waals surface area contributed by atoms with Crippen LogP contribution < -0.4 is 5.32 Å². The van der Waals surface area contributed by atoms with Gasteiger partial charge in [0.15, 0.2) is 0 Å². The van der Waals surface area contributed by atoms with Gasteiger partial charge in [-0.15, -0.1) is 0 Å². The molecule has 0 aliphatic rings. The van der Waals surface area contributed by atoms with Crippen molar-refractivity contribution in [1.29, 1.82) is 0 Å². The van der Waals surface area contributed by atoms with Crippen LogP contribution in [0.3, 0.4) is 0 Å². The van der Waals surface area contributed by atoms with E-state index in [-0.39, 0.29) is 5.91 Å². The SMILES string of the molecule is O=CCc1ccc(NC(=O)c2cccc3cccnc23)cc1. The number of carbonyl (C=O) groups is 2. The molecule has 0 radical (unpaired) electrons. The quantitative estimate of drug-likeness (QED) is 0.750. The Labute approximate surface area is 127 Å². The van der Waals surface area contributed by atoms with Crippen molar-refractivity contribution < 1.29 is 9.59 Å². The molecule has 0 saturated carbocycles. The molecular formula is C18H14N2O2. The minimum atomic E-state index is -0.201. The van der Waals surface area contributed by atoms with Crippen molar-refractivity contribution in [2.24, 2.45) is 0 Å². The zero-order valence-corrected chi connectivity index (χ0v) is 11.8. The van der Waals surface area contributed by atoms with Crippen LogP contribution in [-0.2, 0) is 11.2 Å². The summed E-state index contributed by atoms with van der Waals surface area (Å²) >= 11 is 0. The smallest absolute Gasteiger partial charge is 0.257 e. The van der Waals surface area contributed by atoms with Gasteiger partial charge in [-0.2, -0.15) is 0 Å². The molecule has 4 heteroatoms. The van der Waals surface area contributed by atoms with Gasteiger partial charge in [0, 0.05) is 23.7 Å². The fourth-order valence-electron chi connectivity index (χ4n) is 2.31. The molecule has 2 aromatic carbocycles. The van der Waals surface area contributed by atoms with E-state index in [0.717, 1.165) is 17.2 Å². The second-order valence-corrected chi connectivity index (χ2v) is 4.90. The highest BCUT2D eigenvalue weighted by molar-refractivity contribution is 6.11. The first kappa shape index (κ1) is 13.9. The lowest BCUT2D eigenvalue weighted by molar-refractivity contribution is -0.107. The summed E-state index contributed by atoms with van der Waals surface area (Å²) < 4.78 is 0. The molecule has 1 amide bonds.